The summed E-state index contributed by atoms with van der Waals surface area (Å²) < 4.78 is 67.3. The first kappa shape index (κ1) is 35.6. The zero-order valence-corrected chi connectivity index (χ0v) is 29.8. The molecule has 264 valence electrons. The molecule has 2 fully saturated rings. The lowest BCUT2D eigenvalue weighted by molar-refractivity contribution is -0.0442. The second kappa shape index (κ2) is 14.2. The van der Waals surface area contributed by atoms with Gasteiger partial charge in [-0.25, -0.2) is 16.8 Å². The summed E-state index contributed by atoms with van der Waals surface area (Å²) in [5.41, 5.74) is 1.09. The van der Waals surface area contributed by atoms with Gasteiger partial charge in [-0.3, -0.25) is 9.59 Å². The predicted molar refractivity (Wildman–Crippen MR) is 190 cm³/mol. The molecule has 2 saturated heterocycles. The third kappa shape index (κ3) is 7.60. The van der Waals surface area contributed by atoms with Gasteiger partial charge in [0.15, 0.2) is 0 Å². The summed E-state index contributed by atoms with van der Waals surface area (Å²) in [7, 11) is -7.58. The van der Waals surface area contributed by atoms with E-state index in [1.165, 1.54) is 57.1 Å². The van der Waals surface area contributed by atoms with Crippen LogP contribution in [0.5, 0.6) is 0 Å². The molecule has 0 aromatic heterocycles. The number of carbonyl (C=O) groups excluding carboxylic acids is 2. The third-order valence-electron chi connectivity index (χ3n) is 8.66. The summed E-state index contributed by atoms with van der Waals surface area (Å²) in [6.07, 6.45) is -0.948. The van der Waals surface area contributed by atoms with E-state index in [4.69, 9.17) is 9.47 Å². The highest BCUT2D eigenvalue weighted by Crippen LogP contribution is 2.30. The normalized spacial score (nSPS) is 22.2. The summed E-state index contributed by atoms with van der Waals surface area (Å²) in [5, 5.41) is 7.35. The SMILES string of the molecule is C[C@@H]1CN(S(=O)(=O)c2ccc(C(=O)Nc3cc4ccccc4cc3NC(=O)c3ccc(S(=O)(=O)N4C[C@H](C)O[C@@H](C)C4)cc3)cc2)C[C@@H](C)O1. The minimum Gasteiger partial charge on any atom is -0.373 e. The monoisotopic (exact) mass is 720 g/mol. The molecule has 2 aliphatic heterocycles. The number of hydrogen-bond acceptors (Lipinski definition) is 8. The van der Waals surface area contributed by atoms with Crippen LogP contribution in [0.1, 0.15) is 48.4 Å². The minimum absolute atomic E-state index is 0.0712. The lowest BCUT2D eigenvalue weighted by Crippen LogP contribution is -2.48. The Hall–Kier alpha value is -4.18. The van der Waals surface area contributed by atoms with Gasteiger partial charge in [0.2, 0.25) is 20.0 Å². The Morgan fingerprint density at radius 2 is 0.880 bits per heavy atom. The van der Waals surface area contributed by atoms with Gasteiger partial charge in [0.25, 0.3) is 11.8 Å². The standard InChI is InChI=1S/C36H40N4O8S2/c1-23-19-39(20-24(2)47-23)49(43,44)31-13-9-27(10-14-31)35(41)37-33-17-29-7-5-6-8-30(29)18-34(33)38-36(42)28-11-15-32(16-12-28)50(45,46)40-21-25(3)48-26(4)22-40/h5-18,23-26H,19-22H2,1-4H3,(H,37,41)(H,38,42)/t23-,24-,25+,26+. The average molecular weight is 721 g/mol. The van der Waals surface area contributed by atoms with E-state index in [0.717, 1.165) is 10.8 Å². The molecule has 0 spiro atoms. The van der Waals surface area contributed by atoms with Gasteiger partial charge in [-0.1, -0.05) is 24.3 Å². The molecule has 12 nitrogen and oxygen atoms in total. The molecule has 0 radical (unpaired) electrons. The Labute approximate surface area is 292 Å². The number of amides is 2. The Morgan fingerprint density at radius 3 is 1.20 bits per heavy atom. The van der Waals surface area contributed by atoms with Crippen molar-refractivity contribution in [1.29, 1.82) is 0 Å². The molecule has 4 atom stereocenters. The van der Waals surface area contributed by atoms with Crippen LogP contribution in [0.15, 0.2) is 94.7 Å². The molecule has 0 aliphatic carbocycles. The van der Waals surface area contributed by atoms with Crippen LogP contribution >= 0.6 is 0 Å². The van der Waals surface area contributed by atoms with Crippen molar-refractivity contribution in [2.45, 2.75) is 61.9 Å². The second-order valence-corrected chi connectivity index (χ2v) is 16.7. The van der Waals surface area contributed by atoms with E-state index in [2.05, 4.69) is 10.6 Å². The number of fused-ring (bicyclic) bond motifs is 1. The van der Waals surface area contributed by atoms with Crippen LogP contribution < -0.4 is 10.6 Å². The topological polar surface area (TPSA) is 151 Å². The smallest absolute Gasteiger partial charge is 0.255 e. The van der Waals surface area contributed by atoms with E-state index in [-0.39, 0.29) is 71.5 Å². The van der Waals surface area contributed by atoms with Crippen molar-refractivity contribution in [2.24, 2.45) is 0 Å². The lowest BCUT2D eigenvalue weighted by Gasteiger charge is -2.34. The van der Waals surface area contributed by atoms with Crippen LogP contribution in [0.25, 0.3) is 10.8 Å². The van der Waals surface area contributed by atoms with E-state index in [0.29, 0.717) is 11.4 Å². The molecular weight excluding hydrogens is 681 g/mol. The van der Waals surface area contributed by atoms with Crippen LogP contribution in [0.2, 0.25) is 0 Å². The molecule has 0 saturated carbocycles. The molecule has 4 aromatic rings. The number of rotatable bonds is 8. The highest BCUT2D eigenvalue weighted by Gasteiger charge is 2.33. The van der Waals surface area contributed by atoms with Gasteiger partial charge >= 0.3 is 0 Å². The van der Waals surface area contributed by atoms with Crippen molar-refractivity contribution >= 4 is 54.0 Å². The molecule has 14 heteroatoms. The minimum atomic E-state index is -3.79. The Balaban J connectivity index is 1.20. The fraction of sp³-hybridized carbons (Fsp3) is 0.333. The first-order valence-corrected chi connectivity index (χ1v) is 19.3. The van der Waals surface area contributed by atoms with Crippen LogP contribution in [-0.2, 0) is 29.5 Å². The van der Waals surface area contributed by atoms with Crippen molar-refractivity contribution in [3.05, 3.63) is 96.1 Å². The van der Waals surface area contributed by atoms with Gasteiger partial charge in [0.1, 0.15) is 0 Å². The highest BCUT2D eigenvalue weighted by atomic mass is 32.2. The van der Waals surface area contributed by atoms with Gasteiger partial charge in [-0.2, -0.15) is 8.61 Å². The molecule has 0 unspecified atom stereocenters. The van der Waals surface area contributed by atoms with Gasteiger partial charge in [-0.15, -0.1) is 0 Å². The van der Waals surface area contributed by atoms with Crippen LogP contribution in [-0.4, -0.2) is 87.9 Å². The summed E-state index contributed by atoms with van der Waals surface area (Å²) in [4.78, 5) is 27.0. The Kier molecular flexibility index (Phi) is 10.1. The van der Waals surface area contributed by atoms with Crippen LogP contribution in [0, 0.1) is 0 Å². The van der Waals surface area contributed by atoms with E-state index in [1.54, 1.807) is 12.1 Å². The first-order chi connectivity index (χ1) is 23.7. The van der Waals surface area contributed by atoms with E-state index < -0.39 is 31.9 Å². The molecule has 2 heterocycles. The maximum Gasteiger partial charge on any atom is 0.255 e. The zero-order valence-electron chi connectivity index (χ0n) is 28.2. The fourth-order valence-electron chi connectivity index (χ4n) is 6.34. The zero-order chi connectivity index (χ0) is 35.8. The summed E-state index contributed by atoms with van der Waals surface area (Å²) in [5.74, 6) is -1.01. The molecule has 0 bridgehead atoms. The number of morpholine rings is 2. The lowest BCUT2D eigenvalue weighted by atomic mass is 10.1. The molecule has 50 heavy (non-hydrogen) atoms. The van der Waals surface area contributed by atoms with E-state index in [1.807, 2.05) is 52.0 Å². The number of sulfonamides is 2. The van der Waals surface area contributed by atoms with Gasteiger partial charge in [-0.05, 0) is 99.1 Å². The van der Waals surface area contributed by atoms with Gasteiger partial charge in [0.05, 0.1) is 45.6 Å². The molecule has 2 aliphatic rings. The number of nitrogens with zero attached hydrogens (tertiary/aromatic N) is 2. The van der Waals surface area contributed by atoms with Gasteiger partial charge < -0.3 is 20.1 Å². The molecule has 2 N–H and O–H groups in total. The second-order valence-electron chi connectivity index (χ2n) is 12.9. The maximum atomic E-state index is 13.4. The Bertz CT molecular complexity index is 1950. The summed E-state index contributed by atoms with van der Waals surface area (Å²) in [6, 6.07) is 22.3. The van der Waals surface area contributed by atoms with E-state index >= 15 is 0 Å². The molecular formula is C36H40N4O8S2. The van der Waals surface area contributed by atoms with Crippen molar-refractivity contribution in [1.82, 2.24) is 8.61 Å². The number of anilines is 2. The molecule has 4 aromatic carbocycles. The van der Waals surface area contributed by atoms with Crippen LogP contribution in [0.4, 0.5) is 11.4 Å². The summed E-state index contributed by atoms with van der Waals surface area (Å²) in [6.45, 7) is 8.25. The quantitative estimate of drug-likeness (QED) is 0.260. The number of carbonyl (C=O) groups is 2. The maximum absolute atomic E-state index is 13.4. The number of hydrogen-bond donors (Lipinski definition) is 2. The molecule has 6 rings (SSSR count). The van der Waals surface area contributed by atoms with Crippen LogP contribution in [0.3, 0.4) is 0 Å². The Morgan fingerprint density at radius 1 is 0.560 bits per heavy atom. The van der Waals surface area contributed by atoms with Gasteiger partial charge in [0, 0.05) is 37.3 Å². The third-order valence-corrected chi connectivity index (χ3v) is 12.4. The number of benzene rings is 4. The highest BCUT2D eigenvalue weighted by molar-refractivity contribution is 7.89. The predicted octanol–water partition coefficient (Wildman–Crippen LogP) is 4.94. The molecule has 2 amide bonds. The average Bonchev–Trinajstić information content (AvgIpc) is 3.07. The van der Waals surface area contributed by atoms with Crippen molar-refractivity contribution in [3.8, 4) is 0 Å². The number of nitrogens with one attached hydrogen (secondary N) is 2. The van der Waals surface area contributed by atoms with Crippen molar-refractivity contribution in [2.75, 3.05) is 36.8 Å². The van der Waals surface area contributed by atoms with E-state index in [9.17, 15) is 26.4 Å². The van der Waals surface area contributed by atoms with Crippen molar-refractivity contribution in [3.63, 3.8) is 0 Å². The first-order valence-electron chi connectivity index (χ1n) is 16.4. The fourth-order valence-corrected chi connectivity index (χ4v) is 9.53. The largest absolute Gasteiger partial charge is 0.373 e. The number of ether oxygens (including phenoxy) is 2. The van der Waals surface area contributed by atoms with Crippen molar-refractivity contribution < 1.29 is 35.9 Å². The summed E-state index contributed by atoms with van der Waals surface area (Å²) >= 11 is 0.